The number of aromatic hydroxyl groups is 2. The first kappa shape index (κ1) is 17.5. The van der Waals surface area contributed by atoms with Gasteiger partial charge in [0.2, 0.25) is 0 Å². The van der Waals surface area contributed by atoms with Gasteiger partial charge in [-0.15, -0.1) is 0 Å². The van der Waals surface area contributed by atoms with E-state index in [0.29, 0.717) is 12.2 Å². The number of aryl methyl sites for hydroxylation is 1. The van der Waals surface area contributed by atoms with Gasteiger partial charge in [0, 0.05) is 0 Å². The molecule has 0 saturated carbocycles. The first-order valence-electron chi connectivity index (χ1n) is 8.45. The molecule has 0 radical (unpaired) electrons. The van der Waals surface area contributed by atoms with Gasteiger partial charge in [-0.1, -0.05) is 42.5 Å². The van der Waals surface area contributed by atoms with Gasteiger partial charge in [0.1, 0.15) is 17.2 Å². The van der Waals surface area contributed by atoms with E-state index in [1.165, 1.54) is 12.1 Å². The molecule has 0 saturated heterocycles. The van der Waals surface area contributed by atoms with Gasteiger partial charge in [-0.25, -0.2) is 0 Å². The standard InChI is InChI=1S/C22H20O4/c23-18-9-7-17(8-10-18)21(15-6-16-4-2-1-3-5-16)22(25)26-20-13-11-19(24)12-14-20/h1-5,7-14,21,23-24H,6,15H2. The van der Waals surface area contributed by atoms with Crippen LogP contribution < -0.4 is 4.74 Å². The molecular formula is C22H20O4. The molecular weight excluding hydrogens is 328 g/mol. The Morgan fingerprint density at radius 2 is 1.38 bits per heavy atom. The van der Waals surface area contributed by atoms with Crippen LogP contribution in [0.15, 0.2) is 78.9 Å². The Bertz CT molecular complexity index is 840. The van der Waals surface area contributed by atoms with E-state index in [0.717, 1.165) is 17.5 Å². The number of benzene rings is 3. The van der Waals surface area contributed by atoms with Crippen LogP contribution in [0, 0.1) is 0 Å². The number of phenolic OH excluding ortho intramolecular Hbond substituents is 2. The van der Waals surface area contributed by atoms with E-state index >= 15 is 0 Å². The summed E-state index contributed by atoms with van der Waals surface area (Å²) in [7, 11) is 0. The molecule has 0 spiro atoms. The van der Waals surface area contributed by atoms with E-state index in [4.69, 9.17) is 4.74 Å². The quantitative estimate of drug-likeness (QED) is 0.511. The van der Waals surface area contributed by atoms with Crippen LogP contribution >= 0.6 is 0 Å². The van der Waals surface area contributed by atoms with Gasteiger partial charge in [0.05, 0.1) is 5.92 Å². The normalized spacial score (nSPS) is 11.7. The van der Waals surface area contributed by atoms with Crippen molar-refractivity contribution in [3.05, 3.63) is 90.0 Å². The largest absolute Gasteiger partial charge is 0.508 e. The van der Waals surface area contributed by atoms with Crippen molar-refractivity contribution in [3.63, 3.8) is 0 Å². The number of carbonyl (C=O) groups is 1. The summed E-state index contributed by atoms with van der Waals surface area (Å²) in [6.07, 6.45) is 1.32. The molecule has 1 atom stereocenters. The molecule has 0 aliphatic rings. The van der Waals surface area contributed by atoms with E-state index in [1.807, 2.05) is 30.3 Å². The summed E-state index contributed by atoms with van der Waals surface area (Å²) >= 11 is 0. The number of hydrogen-bond donors (Lipinski definition) is 2. The third-order valence-corrected chi connectivity index (χ3v) is 4.20. The second-order valence-electron chi connectivity index (χ2n) is 6.08. The van der Waals surface area contributed by atoms with Crippen molar-refractivity contribution >= 4 is 5.97 Å². The van der Waals surface area contributed by atoms with E-state index < -0.39 is 5.92 Å². The van der Waals surface area contributed by atoms with Gasteiger partial charge >= 0.3 is 5.97 Å². The smallest absolute Gasteiger partial charge is 0.318 e. The summed E-state index contributed by atoms with van der Waals surface area (Å²) in [4.78, 5) is 12.8. The first-order valence-corrected chi connectivity index (χ1v) is 8.45. The van der Waals surface area contributed by atoms with E-state index in [9.17, 15) is 15.0 Å². The van der Waals surface area contributed by atoms with Crippen LogP contribution in [0.3, 0.4) is 0 Å². The molecule has 4 nitrogen and oxygen atoms in total. The zero-order valence-corrected chi connectivity index (χ0v) is 14.2. The van der Waals surface area contributed by atoms with E-state index in [-0.39, 0.29) is 17.5 Å². The van der Waals surface area contributed by atoms with Crippen molar-refractivity contribution in [2.75, 3.05) is 0 Å². The maximum atomic E-state index is 12.8. The van der Waals surface area contributed by atoms with Crippen LogP contribution in [0.1, 0.15) is 23.5 Å². The molecule has 0 fully saturated rings. The average Bonchev–Trinajstić information content (AvgIpc) is 2.66. The monoisotopic (exact) mass is 348 g/mol. The summed E-state index contributed by atoms with van der Waals surface area (Å²) in [6, 6.07) is 22.6. The summed E-state index contributed by atoms with van der Waals surface area (Å²) in [5, 5.41) is 18.9. The lowest BCUT2D eigenvalue weighted by Crippen LogP contribution is -2.19. The van der Waals surface area contributed by atoms with Crippen molar-refractivity contribution in [3.8, 4) is 17.2 Å². The molecule has 26 heavy (non-hydrogen) atoms. The Hall–Kier alpha value is -3.27. The maximum absolute atomic E-state index is 12.8. The first-order chi connectivity index (χ1) is 12.6. The third-order valence-electron chi connectivity index (χ3n) is 4.20. The zero-order valence-electron chi connectivity index (χ0n) is 14.2. The minimum absolute atomic E-state index is 0.115. The molecule has 0 heterocycles. The van der Waals surface area contributed by atoms with Gasteiger partial charge in [0.15, 0.2) is 0 Å². The van der Waals surface area contributed by atoms with Crippen LogP contribution in [-0.4, -0.2) is 16.2 Å². The molecule has 2 N–H and O–H groups in total. The second kappa shape index (κ2) is 8.21. The zero-order chi connectivity index (χ0) is 18.4. The van der Waals surface area contributed by atoms with Crippen molar-refractivity contribution < 1.29 is 19.7 Å². The Morgan fingerprint density at radius 1 is 0.808 bits per heavy atom. The molecule has 132 valence electrons. The van der Waals surface area contributed by atoms with E-state index in [1.54, 1.807) is 36.4 Å². The number of rotatable bonds is 6. The summed E-state index contributed by atoms with van der Waals surface area (Å²) in [5.41, 5.74) is 1.94. The fourth-order valence-corrected chi connectivity index (χ4v) is 2.78. The molecule has 0 amide bonds. The van der Waals surface area contributed by atoms with Gasteiger partial charge in [0.25, 0.3) is 0 Å². The summed E-state index contributed by atoms with van der Waals surface area (Å²) in [6.45, 7) is 0. The predicted molar refractivity (Wildman–Crippen MR) is 99.4 cm³/mol. The number of carbonyl (C=O) groups excluding carboxylic acids is 1. The highest BCUT2D eigenvalue weighted by Crippen LogP contribution is 2.27. The molecule has 0 bridgehead atoms. The molecule has 0 aromatic heterocycles. The molecule has 1 unspecified atom stereocenters. The predicted octanol–water partition coefficient (Wildman–Crippen LogP) is 4.42. The molecule has 3 rings (SSSR count). The van der Waals surface area contributed by atoms with Crippen molar-refractivity contribution in [1.82, 2.24) is 0 Å². The Morgan fingerprint density at radius 3 is 2.00 bits per heavy atom. The van der Waals surface area contributed by atoms with Crippen LogP contribution in [0.5, 0.6) is 17.2 Å². The highest BCUT2D eigenvalue weighted by molar-refractivity contribution is 5.80. The lowest BCUT2D eigenvalue weighted by Gasteiger charge is -2.17. The Labute approximate surface area is 152 Å². The SMILES string of the molecule is O=C(Oc1ccc(O)cc1)C(CCc1ccccc1)c1ccc(O)cc1. The number of ether oxygens (including phenoxy) is 1. The highest BCUT2D eigenvalue weighted by atomic mass is 16.5. The van der Waals surface area contributed by atoms with Crippen LogP contribution in [0.25, 0.3) is 0 Å². The number of hydrogen-bond acceptors (Lipinski definition) is 4. The van der Waals surface area contributed by atoms with Gasteiger partial charge < -0.3 is 14.9 Å². The van der Waals surface area contributed by atoms with Crippen LogP contribution in [0.2, 0.25) is 0 Å². The molecule has 3 aromatic carbocycles. The minimum atomic E-state index is -0.454. The van der Waals surface area contributed by atoms with Crippen molar-refractivity contribution in [2.45, 2.75) is 18.8 Å². The number of phenols is 2. The van der Waals surface area contributed by atoms with Crippen LogP contribution in [-0.2, 0) is 11.2 Å². The van der Waals surface area contributed by atoms with Gasteiger partial charge in [-0.05, 0) is 60.4 Å². The second-order valence-corrected chi connectivity index (χ2v) is 6.08. The van der Waals surface area contributed by atoms with Gasteiger partial charge in [-0.3, -0.25) is 4.79 Å². The summed E-state index contributed by atoms with van der Waals surface area (Å²) < 4.78 is 5.49. The number of esters is 1. The lowest BCUT2D eigenvalue weighted by atomic mass is 9.92. The van der Waals surface area contributed by atoms with Crippen LogP contribution in [0.4, 0.5) is 0 Å². The molecule has 0 aliphatic carbocycles. The fourth-order valence-electron chi connectivity index (χ4n) is 2.78. The Balaban J connectivity index is 1.78. The third kappa shape index (κ3) is 4.63. The fraction of sp³-hybridized carbons (Fsp3) is 0.136. The molecule has 3 aromatic rings. The van der Waals surface area contributed by atoms with Crippen molar-refractivity contribution in [1.29, 1.82) is 0 Å². The maximum Gasteiger partial charge on any atom is 0.318 e. The topological polar surface area (TPSA) is 66.8 Å². The van der Waals surface area contributed by atoms with Gasteiger partial charge in [-0.2, -0.15) is 0 Å². The highest BCUT2D eigenvalue weighted by Gasteiger charge is 2.23. The lowest BCUT2D eigenvalue weighted by molar-refractivity contribution is -0.136. The molecule has 0 aliphatic heterocycles. The van der Waals surface area contributed by atoms with E-state index in [2.05, 4.69) is 0 Å². The Kier molecular flexibility index (Phi) is 5.54. The van der Waals surface area contributed by atoms with Crippen molar-refractivity contribution in [2.24, 2.45) is 0 Å². The minimum Gasteiger partial charge on any atom is -0.508 e. The average molecular weight is 348 g/mol. The molecule has 4 heteroatoms. The summed E-state index contributed by atoms with van der Waals surface area (Å²) in [5.74, 6) is -0.162.